The summed E-state index contributed by atoms with van der Waals surface area (Å²) in [5, 5.41) is 13.4. The number of nitrogens with zero attached hydrogens (tertiary/aromatic N) is 6. The van der Waals surface area contributed by atoms with Crippen molar-refractivity contribution < 1.29 is 47.0 Å². The van der Waals surface area contributed by atoms with E-state index in [1.165, 1.54) is 88.7 Å². The second kappa shape index (κ2) is 18.5. The zero-order valence-electron chi connectivity index (χ0n) is 46.4. The van der Waals surface area contributed by atoms with E-state index < -0.39 is 7.81 Å². The average molecular weight is 1070 g/mol. The fourth-order valence-electron chi connectivity index (χ4n) is 11.1. The third-order valence-electron chi connectivity index (χ3n) is 13.8. The van der Waals surface area contributed by atoms with Crippen molar-refractivity contribution in [1.82, 2.24) is 24.8 Å². The second-order valence-electron chi connectivity index (χ2n) is 23.0. The monoisotopic (exact) mass is 1070 g/mol. The van der Waals surface area contributed by atoms with Gasteiger partial charge >= 0.3 is 33.0 Å². The van der Waals surface area contributed by atoms with Gasteiger partial charge in [-0.05, 0) is 174 Å². The SMILES string of the molecule is Cc1cc(C)c(-n2cc(-c3cc(C(C)(C)C)cc4c3[nH]c3c(-c5c[n+](-c6c(C)cc(C)cc6C)nn5-c5c(C)cc(C)cc5C)cc(C(C)(C)C)cc34)[n+](-c3c(C)cc(C)cc3C)n2)c(C)c1.F[P-](F)(F)(F)(F)F.[Cl-]. The van der Waals surface area contributed by atoms with Gasteiger partial charge in [-0.2, -0.15) is 0 Å². The molecule has 0 spiro atoms. The quantitative estimate of drug-likeness (QED) is 0.102. The summed E-state index contributed by atoms with van der Waals surface area (Å²) in [7, 11) is -10.7. The van der Waals surface area contributed by atoms with Gasteiger partial charge in [0.2, 0.25) is 11.4 Å². The molecule has 0 amide bonds. The van der Waals surface area contributed by atoms with E-state index in [1.54, 1.807) is 0 Å². The van der Waals surface area contributed by atoms with Gasteiger partial charge in [-0.15, -0.1) is 9.36 Å². The molecule has 1 N–H and O–H groups in total. The first-order valence-electron chi connectivity index (χ1n) is 24.9. The fourth-order valence-corrected chi connectivity index (χ4v) is 11.1. The molecule has 15 heteroatoms. The summed E-state index contributed by atoms with van der Waals surface area (Å²) >= 11 is 0. The summed E-state index contributed by atoms with van der Waals surface area (Å²) in [6.07, 6.45) is 4.51. The van der Waals surface area contributed by atoms with Crippen molar-refractivity contribution in [3.8, 4) is 45.3 Å². The van der Waals surface area contributed by atoms with Crippen LogP contribution in [0.4, 0.5) is 25.2 Å². The number of benzene rings is 6. The number of rotatable bonds is 6. The molecule has 398 valence electrons. The van der Waals surface area contributed by atoms with E-state index in [0.717, 1.165) is 56.3 Å². The molecule has 0 aliphatic rings. The minimum atomic E-state index is -10.7. The summed E-state index contributed by atoms with van der Waals surface area (Å²) in [6.45, 7) is 40.3. The minimum absolute atomic E-state index is 0. The van der Waals surface area contributed by atoms with Crippen molar-refractivity contribution in [3.63, 3.8) is 0 Å². The molecule has 0 radical (unpaired) electrons. The topological polar surface area (TPSA) is 59.2 Å². The Morgan fingerprint density at radius 2 is 0.827 bits per heavy atom. The third-order valence-corrected chi connectivity index (χ3v) is 13.8. The van der Waals surface area contributed by atoms with Crippen LogP contribution < -0.4 is 21.8 Å². The smallest absolute Gasteiger partial charge is 1.00 e. The molecule has 9 rings (SSSR count). The van der Waals surface area contributed by atoms with E-state index in [1.807, 2.05) is 0 Å². The predicted octanol–water partition coefficient (Wildman–Crippen LogP) is 14.3. The maximum Gasteiger partial charge on any atom is -1.00 e. The first-order valence-corrected chi connectivity index (χ1v) is 27.0. The van der Waals surface area contributed by atoms with Crippen LogP contribution in [0.5, 0.6) is 0 Å². The van der Waals surface area contributed by atoms with Gasteiger partial charge in [0.25, 0.3) is 0 Å². The largest absolute Gasteiger partial charge is 1.00 e. The van der Waals surface area contributed by atoms with Crippen LogP contribution in [0, 0.1) is 83.1 Å². The Morgan fingerprint density at radius 1 is 0.467 bits per heavy atom. The number of aryl methyl sites for hydroxylation is 12. The van der Waals surface area contributed by atoms with Crippen LogP contribution in [-0.2, 0) is 10.8 Å². The van der Waals surface area contributed by atoms with Gasteiger partial charge in [-0.1, -0.05) is 122 Å². The van der Waals surface area contributed by atoms with Crippen LogP contribution in [0.15, 0.2) is 85.2 Å². The molecular formula is C60H69ClF6N7P. The number of fused-ring (bicyclic) bond motifs is 3. The number of aromatic amines is 1. The normalized spacial score (nSPS) is 13.2. The van der Waals surface area contributed by atoms with Crippen LogP contribution in [0.2, 0.25) is 0 Å². The molecule has 3 heterocycles. The molecule has 0 saturated carbocycles. The summed E-state index contributed by atoms with van der Waals surface area (Å²) in [6, 6.07) is 27.8. The number of hydrogen-bond acceptors (Lipinski definition) is 2. The number of nitrogens with one attached hydrogen (secondary N) is 1. The van der Waals surface area contributed by atoms with Gasteiger partial charge in [0, 0.05) is 10.8 Å². The van der Waals surface area contributed by atoms with E-state index >= 15 is 0 Å². The first-order chi connectivity index (χ1) is 33.8. The molecule has 0 fully saturated rings. The number of aromatic nitrogens is 7. The Morgan fingerprint density at radius 3 is 1.24 bits per heavy atom. The van der Waals surface area contributed by atoms with E-state index in [0.29, 0.717) is 0 Å². The standard InChI is InChI=1S/C60H69N7.ClH.F6P/c1-33-19-37(5)55(38(6)20-33)64-31-51(66(62-64)57-41(9)23-35(3)24-42(57)10)49-29-45(59(13,14)15)27-47-48-28-46(60(16,17)18)30-50(54(48)61-53(47)49)52-32-65(56-39(7)21-34(2)22-40(56)8)63-67(52)58-43(11)25-36(4)26-44(58)12;;1-7(2,3,4,5)6/h19-32,61H,1-18H3;1H;/q+2;;-1/p-1. The van der Waals surface area contributed by atoms with Gasteiger partial charge in [0.05, 0.1) is 22.2 Å². The molecule has 0 aliphatic heterocycles. The molecule has 0 unspecified atom stereocenters. The summed E-state index contributed by atoms with van der Waals surface area (Å²) < 4.78 is 67.8. The Balaban J connectivity index is 0.000000958. The Hall–Kier alpha value is -6.30. The third kappa shape index (κ3) is 11.8. The molecule has 0 saturated heterocycles. The summed E-state index contributed by atoms with van der Waals surface area (Å²) in [4.78, 5) is 4.16. The molecule has 75 heavy (non-hydrogen) atoms. The van der Waals surface area contributed by atoms with Crippen molar-refractivity contribution in [3.05, 3.63) is 163 Å². The van der Waals surface area contributed by atoms with Gasteiger partial charge in [-0.25, -0.2) is 0 Å². The maximum atomic E-state index is 9.87. The van der Waals surface area contributed by atoms with Crippen LogP contribution >= 0.6 is 7.81 Å². The van der Waals surface area contributed by atoms with Crippen molar-refractivity contribution >= 4 is 29.6 Å². The first kappa shape index (κ1) is 56.4. The van der Waals surface area contributed by atoms with E-state index in [-0.39, 0.29) is 23.2 Å². The van der Waals surface area contributed by atoms with Gasteiger partial charge in [-0.3, -0.25) is 0 Å². The molecule has 9 aromatic rings. The van der Waals surface area contributed by atoms with E-state index in [2.05, 4.69) is 234 Å². The van der Waals surface area contributed by atoms with Crippen LogP contribution in [0.25, 0.3) is 67.1 Å². The van der Waals surface area contributed by atoms with Gasteiger partial charge < -0.3 is 17.4 Å². The van der Waals surface area contributed by atoms with Gasteiger partial charge in [0.1, 0.15) is 10.4 Å². The Kier molecular flexibility index (Phi) is 13.9. The van der Waals surface area contributed by atoms with E-state index in [9.17, 15) is 25.2 Å². The summed E-state index contributed by atoms with van der Waals surface area (Å²) in [5.41, 5.74) is 27.5. The molecule has 7 nitrogen and oxygen atoms in total. The molecular weight excluding hydrogens is 999 g/mol. The van der Waals surface area contributed by atoms with Crippen molar-refractivity contribution in [2.75, 3.05) is 0 Å². The predicted molar refractivity (Wildman–Crippen MR) is 292 cm³/mol. The van der Waals surface area contributed by atoms with Crippen molar-refractivity contribution in [2.24, 2.45) is 0 Å². The van der Waals surface area contributed by atoms with Crippen molar-refractivity contribution in [1.29, 1.82) is 0 Å². The molecule has 0 atom stereocenters. The molecule has 0 bridgehead atoms. The average Bonchev–Trinajstić information content (AvgIpc) is 3.93. The van der Waals surface area contributed by atoms with Crippen LogP contribution in [0.1, 0.15) is 119 Å². The molecule has 6 aromatic carbocycles. The Labute approximate surface area is 443 Å². The Bertz CT molecular complexity index is 3440. The zero-order valence-corrected chi connectivity index (χ0v) is 48.0. The minimum Gasteiger partial charge on any atom is -1.00 e. The van der Waals surface area contributed by atoms with Crippen LogP contribution in [-0.4, -0.2) is 24.8 Å². The van der Waals surface area contributed by atoms with Gasteiger partial charge in [0.15, 0.2) is 35.1 Å². The maximum absolute atomic E-state index is 10.7. The molecule has 3 aromatic heterocycles. The van der Waals surface area contributed by atoms with Crippen molar-refractivity contribution in [2.45, 2.75) is 135 Å². The number of hydrogen-bond donors (Lipinski definition) is 1. The number of H-pyrrole nitrogens is 1. The number of halogens is 7. The zero-order chi connectivity index (χ0) is 54.7. The van der Waals surface area contributed by atoms with E-state index in [4.69, 9.17) is 10.4 Å². The fraction of sp³-hybridized carbons (Fsp3) is 0.333. The summed E-state index contributed by atoms with van der Waals surface area (Å²) in [5.74, 6) is 0. The second-order valence-corrected chi connectivity index (χ2v) is 24.9. The molecule has 0 aliphatic carbocycles. The van der Waals surface area contributed by atoms with Crippen LogP contribution in [0.3, 0.4) is 0 Å².